The van der Waals surface area contributed by atoms with Crippen LogP contribution >= 0.6 is 0 Å². The Morgan fingerprint density at radius 1 is 1.14 bits per heavy atom. The molecule has 1 aliphatic carbocycles. The average Bonchev–Trinajstić information content (AvgIpc) is 3.19. The lowest BCUT2D eigenvalue weighted by Gasteiger charge is -2.20. The van der Waals surface area contributed by atoms with E-state index in [2.05, 4.69) is 5.32 Å². The van der Waals surface area contributed by atoms with Crippen LogP contribution in [0.3, 0.4) is 0 Å². The van der Waals surface area contributed by atoms with Crippen LogP contribution in [0, 0.1) is 0 Å². The Morgan fingerprint density at radius 3 is 2.75 bits per heavy atom. The summed E-state index contributed by atoms with van der Waals surface area (Å²) in [6, 6.07) is 13.7. The Morgan fingerprint density at radius 2 is 1.93 bits per heavy atom. The van der Waals surface area contributed by atoms with E-state index < -0.39 is 6.04 Å². The van der Waals surface area contributed by atoms with Gasteiger partial charge in [0.1, 0.15) is 24.1 Å². The number of nitrogens with one attached hydrogen (secondary N) is 1. The molecule has 0 radical (unpaired) electrons. The van der Waals surface area contributed by atoms with Crippen LogP contribution in [0.4, 0.5) is 5.69 Å². The molecule has 2 aromatic rings. The molecule has 0 bridgehead atoms. The Bertz CT molecular complexity index is 876. The van der Waals surface area contributed by atoms with E-state index in [0.29, 0.717) is 22.7 Å². The molecule has 6 heteroatoms. The topological polar surface area (TPSA) is 67.9 Å². The van der Waals surface area contributed by atoms with Gasteiger partial charge >= 0.3 is 0 Å². The van der Waals surface area contributed by atoms with Crippen molar-refractivity contribution in [2.45, 2.75) is 37.8 Å². The molecule has 2 aliphatic rings. The number of carbonyl (C=O) groups excluding carboxylic acids is 2. The largest absolute Gasteiger partial charge is 0.490 e. The fourth-order valence-electron chi connectivity index (χ4n) is 3.71. The molecule has 1 saturated carbocycles. The van der Waals surface area contributed by atoms with Gasteiger partial charge in [0.2, 0.25) is 0 Å². The van der Waals surface area contributed by atoms with Crippen molar-refractivity contribution in [3.63, 3.8) is 0 Å². The van der Waals surface area contributed by atoms with Gasteiger partial charge in [-0.15, -0.1) is 0 Å². The van der Waals surface area contributed by atoms with E-state index in [-0.39, 0.29) is 24.5 Å². The molecule has 1 atom stereocenters. The molecular weight excluding hydrogens is 356 g/mol. The van der Waals surface area contributed by atoms with Crippen LogP contribution in [-0.2, 0) is 4.79 Å². The Balaban J connectivity index is 1.45. The highest BCUT2D eigenvalue weighted by Crippen LogP contribution is 2.30. The second-order valence-corrected chi connectivity index (χ2v) is 7.25. The number of benzene rings is 2. The molecule has 1 fully saturated rings. The predicted octanol–water partition coefficient (Wildman–Crippen LogP) is 3.16. The van der Waals surface area contributed by atoms with Crippen molar-refractivity contribution in [2.75, 3.05) is 18.6 Å². The molecule has 1 heterocycles. The van der Waals surface area contributed by atoms with Crippen LogP contribution in [0.2, 0.25) is 0 Å². The minimum atomic E-state index is -0.760. The van der Waals surface area contributed by atoms with E-state index in [1.54, 1.807) is 25.2 Å². The second kappa shape index (κ2) is 7.92. The van der Waals surface area contributed by atoms with Crippen LogP contribution in [0.25, 0.3) is 0 Å². The first-order valence-corrected chi connectivity index (χ1v) is 9.69. The van der Waals surface area contributed by atoms with Gasteiger partial charge in [0.15, 0.2) is 0 Å². The number of fused-ring (bicyclic) bond motifs is 1. The quantitative estimate of drug-likeness (QED) is 0.885. The second-order valence-electron chi connectivity index (χ2n) is 7.25. The number of hydrogen-bond acceptors (Lipinski definition) is 4. The van der Waals surface area contributed by atoms with Gasteiger partial charge in [-0.3, -0.25) is 9.59 Å². The summed E-state index contributed by atoms with van der Waals surface area (Å²) < 4.78 is 11.7. The third-order valence-electron chi connectivity index (χ3n) is 5.27. The number of amides is 2. The molecular formula is C22H24N2O4. The monoisotopic (exact) mass is 380 g/mol. The van der Waals surface area contributed by atoms with E-state index >= 15 is 0 Å². The lowest BCUT2D eigenvalue weighted by atomic mass is 10.1. The molecule has 0 aromatic heterocycles. The molecule has 1 aliphatic heterocycles. The highest BCUT2D eigenvalue weighted by Gasteiger charge is 2.30. The molecule has 1 N–H and O–H groups in total. The number of likely N-dealkylation sites (N-methyl/N-ethyl adjacent to an activating group) is 1. The lowest BCUT2D eigenvalue weighted by molar-refractivity contribution is -0.120. The molecule has 2 aromatic carbocycles. The molecule has 4 rings (SSSR count). The van der Waals surface area contributed by atoms with E-state index in [9.17, 15) is 9.59 Å². The minimum Gasteiger partial charge on any atom is -0.490 e. The molecule has 0 spiro atoms. The van der Waals surface area contributed by atoms with Crippen molar-refractivity contribution >= 4 is 17.5 Å². The number of carbonyl (C=O) groups is 2. The van der Waals surface area contributed by atoms with Crippen molar-refractivity contribution in [1.82, 2.24) is 5.32 Å². The van der Waals surface area contributed by atoms with Gasteiger partial charge in [-0.25, -0.2) is 0 Å². The first-order chi connectivity index (χ1) is 13.6. The van der Waals surface area contributed by atoms with Crippen LogP contribution < -0.4 is 19.7 Å². The van der Waals surface area contributed by atoms with Gasteiger partial charge in [-0.2, -0.15) is 0 Å². The number of para-hydroxylation sites is 2. The van der Waals surface area contributed by atoms with Gasteiger partial charge in [0, 0.05) is 12.6 Å². The van der Waals surface area contributed by atoms with Crippen molar-refractivity contribution in [3.8, 4) is 11.5 Å². The predicted molar refractivity (Wildman–Crippen MR) is 106 cm³/mol. The average molecular weight is 380 g/mol. The summed E-state index contributed by atoms with van der Waals surface area (Å²) in [4.78, 5) is 27.0. The summed E-state index contributed by atoms with van der Waals surface area (Å²) in [6.07, 6.45) is 4.70. The first kappa shape index (κ1) is 18.3. The lowest BCUT2D eigenvalue weighted by Crippen LogP contribution is -2.49. The minimum absolute atomic E-state index is 0.0875. The SMILES string of the molecule is CN1C(=O)C(NC(=O)c2cccc(OC3CCCC3)c2)COc2ccccc21. The summed E-state index contributed by atoms with van der Waals surface area (Å²) in [6.45, 7) is 0.0875. The molecule has 28 heavy (non-hydrogen) atoms. The maximum absolute atomic E-state index is 12.8. The zero-order valence-corrected chi connectivity index (χ0v) is 15.9. The third kappa shape index (κ3) is 3.81. The Hall–Kier alpha value is -3.02. The number of anilines is 1. The highest BCUT2D eigenvalue weighted by atomic mass is 16.5. The standard InChI is InChI=1S/C22H24N2O4/c1-24-19-11-4-5-12-20(19)27-14-18(22(24)26)23-21(25)15-7-6-10-17(13-15)28-16-8-2-3-9-16/h4-7,10-13,16,18H,2-3,8-9,14H2,1H3,(H,23,25). The van der Waals surface area contributed by atoms with Gasteiger partial charge in [0.05, 0.1) is 11.8 Å². The fourth-order valence-corrected chi connectivity index (χ4v) is 3.71. The van der Waals surface area contributed by atoms with Gasteiger partial charge in [-0.05, 0) is 56.0 Å². The Labute approximate surface area is 164 Å². The number of nitrogens with zero attached hydrogens (tertiary/aromatic N) is 1. The summed E-state index contributed by atoms with van der Waals surface area (Å²) in [7, 11) is 1.69. The molecule has 2 amide bonds. The van der Waals surface area contributed by atoms with Crippen LogP contribution in [0.1, 0.15) is 36.0 Å². The highest BCUT2D eigenvalue weighted by molar-refractivity contribution is 6.03. The van der Waals surface area contributed by atoms with Gasteiger partial charge < -0.3 is 19.7 Å². The maximum Gasteiger partial charge on any atom is 0.252 e. The Kier molecular flexibility index (Phi) is 5.19. The zero-order valence-electron chi connectivity index (χ0n) is 15.9. The van der Waals surface area contributed by atoms with Crippen molar-refractivity contribution in [3.05, 3.63) is 54.1 Å². The normalized spacial score (nSPS) is 19.5. The van der Waals surface area contributed by atoms with Crippen molar-refractivity contribution in [1.29, 1.82) is 0 Å². The van der Waals surface area contributed by atoms with Gasteiger partial charge in [0.25, 0.3) is 11.8 Å². The van der Waals surface area contributed by atoms with Crippen molar-refractivity contribution < 1.29 is 19.1 Å². The summed E-state index contributed by atoms with van der Waals surface area (Å²) in [5.74, 6) is 0.782. The van der Waals surface area contributed by atoms with E-state index in [1.165, 1.54) is 17.7 Å². The molecule has 0 saturated heterocycles. The fraction of sp³-hybridized carbons (Fsp3) is 0.364. The summed E-state index contributed by atoms with van der Waals surface area (Å²) in [5.41, 5.74) is 1.16. The zero-order chi connectivity index (χ0) is 19.5. The van der Waals surface area contributed by atoms with Crippen LogP contribution in [0.15, 0.2) is 48.5 Å². The smallest absolute Gasteiger partial charge is 0.252 e. The van der Waals surface area contributed by atoms with Crippen molar-refractivity contribution in [2.24, 2.45) is 0 Å². The van der Waals surface area contributed by atoms with Crippen LogP contribution in [0.5, 0.6) is 11.5 Å². The maximum atomic E-state index is 12.8. The van der Waals surface area contributed by atoms with E-state index in [1.807, 2.05) is 30.3 Å². The molecule has 6 nitrogen and oxygen atoms in total. The van der Waals surface area contributed by atoms with Gasteiger partial charge in [-0.1, -0.05) is 18.2 Å². The molecule has 146 valence electrons. The number of ether oxygens (including phenoxy) is 2. The summed E-state index contributed by atoms with van der Waals surface area (Å²) in [5, 5.41) is 2.80. The van der Waals surface area contributed by atoms with E-state index in [4.69, 9.17) is 9.47 Å². The molecule has 1 unspecified atom stereocenters. The van der Waals surface area contributed by atoms with E-state index in [0.717, 1.165) is 12.8 Å². The first-order valence-electron chi connectivity index (χ1n) is 9.69. The number of rotatable bonds is 4. The summed E-state index contributed by atoms with van der Waals surface area (Å²) >= 11 is 0. The third-order valence-corrected chi connectivity index (χ3v) is 5.27. The number of hydrogen-bond donors (Lipinski definition) is 1. The van der Waals surface area contributed by atoms with Crippen LogP contribution in [-0.4, -0.2) is 37.6 Å².